The molecule has 140 valence electrons. The summed E-state index contributed by atoms with van der Waals surface area (Å²) >= 11 is 0. The molecular formula is C18H22N2O6. The molecule has 8 heteroatoms. The van der Waals surface area contributed by atoms with E-state index in [1.165, 1.54) is 4.90 Å². The van der Waals surface area contributed by atoms with Crippen LogP contribution in [0.25, 0.3) is 0 Å². The summed E-state index contributed by atoms with van der Waals surface area (Å²) in [6, 6.07) is 4.50. The first-order chi connectivity index (χ1) is 12.5. The lowest BCUT2D eigenvalue weighted by atomic mass is 10.1. The van der Waals surface area contributed by atoms with Crippen molar-refractivity contribution >= 4 is 17.8 Å². The Balaban J connectivity index is 1.66. The number of benzene rings is 1. The van der Waals surface area contributed by atoms with Gasteiger partial charge in [0.1, 0.15) is 6.04 Å². The average molecular weight is 362 g/mol. The minimum Gasteiger partial charge on any atom is -0.481 e. The molecule has 0 aromatic heterocycles. The fourth-order valence-electron chi connectivity index (χ4n) is 3.29. The second-order valence-corrected chi connectivity index (χ2v) is 6.48. The number of ether oxygens (including phenoxy) is 2. The molecular weight excluding hydrogens is 340 g/mol. The maximum Gasteiger partial charge on any atom is 0.303 e. The van der Waals surface area contributed by atoms with Crippen molar-refractivity contribution in [2.24, 2.45) is 0 Å². The summed E-state index contributed by atoms with van der Waals surface area (Å²) < 4.78 is 10.6. The highest BCUT2D eigenvalue weighted by molar-refractivity contribution is 5.98. The van der Waals surface area contributed by atoms with Crippen LogP contribution < -0.4 is 9.47 Å². The number of likely N-dealkylation sites (N-methyl/N-ethyl adjacent to an activating group) is 1. The molecule has 0 bridgehead atoms. The van der Waals surface area contributed by atoms with Gasteiger partial charge in [-0.05, 0) is 37.5 Å². The van der Waals surface area contributed by atoms with Crippen molar-refractivity contribution in [3.8, 4) is 11.5 Å². The summed E-state index contributed by atoms with van der Waals surface area (Å²) in [5, 5.41) is 8.71. The first-order valence-corrected chi connectivity index (χ1v) is 8.65. The van der Waals surface area contributed by atoms with E-state index in [-0.39, 0.29) is 25.0 Å². The van der Waals surface area contributed by atoms with Gasteiger partial charge >= 0.3 is 5.97 Å². The molecule has 1 aromatic rings. The molecule has 1 saturated heterocycles. The maximum atomic E-state index is 12.9. The number of nitrogens with zero attached hydrogens (tertiary/aromatic N) is 2. The lowest BCUT2D eigenvalue weighted by molar-refractivity contribution is -0.138. The van der Waals surface area contributed by atoms with E-state index in [0.29, 0.717) is 43.0 Å². The van der Waals surface area contributed by atoms with E-state index in [0.717, 1.165) is 6.42 Å². The van der Waals surface area contributed by atoms with E-state index >= 15 is 0 Å². The van der Waals surface area contributed by atoms with E-state index in [9.17, 15) is 14.4 Å². The fraction of sp³-hybridized carbons (Fsp3) is 0.500. The third-order valence-electron chi connectivity index (χ3n) is 4.68. The lowest BCUT2D eigenvalue weighted by Crippen LogP contribution is -2.46. The van der Waals surface area contributed by atoms with Crippen LogP contribution in [-0.4, -0.2) is 65.7 Å². The Morgan fingerprint density at radius 1 is 1.27 bits per heavy atom. The van der Waals surface area contributed by atoms with Crippen molar-refractivity contribution < 1.29 is 29.0 Å². The number of aliphatic carboxylic acids is 1. The summed E-state index contributed by atoms with van der Waals surface area (Å²) in [6.45, 7) is 1.01. The van der Waals surface area contributed by atoms with Gasteiger partial charge in [0.25, 0.3) is 5.91 Å². The number of amides is 2. The Hall–Kier alpha value is -2.77. The molecule has 3 rings (SSSR count). The van der Waals surface area contributed by atoms with Crippen molar-refractivity contribution in [2.75, 3.05) is 26.9 Å². The quantitative estimate of drug-likeness (QED) is 0.820. The van der Waals surface area contributed by atoms with Gasteiger partial charge in [-0.3, -0.25) is 14.4 Å². The van der Waals surface area contributed by atoms with E-state index in [2.05, 4.69) is 0 Å². The number of hydrogen-bond donors (Lipinski definition) is 1. The highest BCUT2D eigenvalue weighted by atomic mass is 16.7. The van der Waals surface area contributed by atoms with Gasteiger partial charge in [0.15, 0.2) is 11.5 Å². The van der Waals surface area contributed by atoms with Crippen LogP contribution in [0.4, 0.5) is 0 Å². The largest absolute Gasteiger partial charge is 0.481 e. The van der Waals surface area contributed by atoms with Gasteiger partial charge in [-0.25, -0.2) is 0 Å². The summed E-state index contributed by atoms with van der Waals surface area (Å²) in [6.07, 6.45) is 1.77. The topological polar surface area (TPSA) is 96.4 Å². The van der Waals surface area contributed by atoms with Crippen LogP contribution in [0, 0.1) is 0 Å². The number of carbonyl (C=O) groups is 3. The summed E-state index contributed by atoms with van der Waals surface area (Å²) in [7, 11) is 1.64. The first kappa shape index (κ1) is 18.0. The van der Waals surface area contributed by atoms with Gasteiger partial charge in [-0.1, -0.05) is 0 Å². The van der Waals surface area contributed by atoms with Crippen molar-refractivity contribution in [1.82, 2.24) is 9.80 Å². The first-order valence-electron chi connectivity index (χ1n) is 8.65. The molecule has 1 unspecified atom stereocenters. The van der Waals surface area contributed by atoms with Crippen LogP contribution in [0.3, 0.4) is 0 Å². The Labute approximate surface area is 151 Å². The molecule has 0 spiro atoms. The predicted molar refractivity (Wildman–Crippen MR) is 91.1 cm³/mol. The van der Waals surface area contributed by atoms with Crippen LogP contribution in [0.5, 0.6) is 11.5 Å². The van der Waals surface area contributed by atoms with Crippen LogP contribution in [0.15, 0.2) is 18.2 Å². The second-order valence-electron chi connectivity index (χ2n) is 6.48. The monoisotopic (exact) mass is 362 g/mol. The SMILES string of the molecule is CN(CCCC(=O)O)C(=O)C1CCCN1C(=O)c1ccc2c(c1)OCO2. The molecule has 2 amide bonds. The third kappa shape index (κ3) is 3.74. The number of fused-ring (bicyclic) bond motifs is 1. The van der Waals surface area contributed by atoms with Crippen LogP contribution >= 0.6 is 0 Å². The van der Waals surface area contributed by atoms with Crippen molar-refractivity contribution in [2.45, 2.75) is 31.7 Å². The Bertz CT molecular complexity index is 720. The maximum absolute atomic E-state index is 12.9. The number of rotatable bonds is 6. The number of carbonyl (C=O) groups excluding carboxylic acids is 2. The molecule has 26 heavy (non-hydrogen) atoms. The Kier molecular flexibility index (Phi) is 5.29. The van der Waals surface area contributed by atoms with E-state index < -0.39 is 12.0 Å². The Morgan fingerprint density at radius 3 is 2.81 bits per heavy atom. The molecule has 2 aliphatic rings. The molecule has 2 aliphatic heterocycles. The summed E-state index contributed by atoms with van der Waals surface area (Å²) in [4.78, 5) is 39.3. The summed E-state index contributed by atoms with van der Waals surface area (Å²) in [5.41, 5.74) is 0.461. The molecule has 0 saturated carbocycles. The van der Waals surface area contributed by atoms with Gasteiger partial charge in [0.2, 0.25) is 12.7 Å². The summed E-state index contributed by atoms with van der Waals surface area (Å²) in [5.74, 6) is -0.108. The minimum atomic E-state index is -0.883. The van der Waals surface area contributed by atoms with E-state index in [4.69, 9.17) is 14.6 Å². The molecule has 0 radical (unpaired) electrons. The van der Waals surface area contributed by atoms with Crippen molar-refractivity contribution in [3.05, 3.63) is 23.8 Å². The van der Waals surface area contributed by atoms with Gasteiger partial charge in [0.05, 0.1) is 0 Å². The number of likely N-dealkylation sites (tertiary alicyclic amines) is 1. The molecule has 0 aliphatic carbocycles. The van der Waals surface area contributed by atoms with Crippen LogP contribution in [0.2, 0.25) is 0 Å². The molecule has 2 heterocycles. The smallest absolute Gasteiger partial charge is 0.303 e. The molecule has 1 aromatic carbocycles. The van der Waals surface area contributed by atoms with Crippen LogP contribution in [0.1, 0.15) is 36.0 Å². The fourth-order valence-corrected chi connectivity index (χ4v) is 3.29. The third-order valence-corrected chi connectivity index (χ3v) is 4.68. The van der Waals surface area contributed by atoms with E-state index in [1.54, 1.807) is 30.1 Å². The van der Waals surface area contributed by atoms with Crippen molar-refractivity contribution in [3.63, 3.8) is 0 Å². The predicted octanol–water partition coefficient (Wildman–Crippen LogP) is 1.34. The van der Waals surface area contributed by atoms with E-state index in [1.807, 2.05) is 0 Å². The zero-order valence-electron chi connectivity index (χ0n) is 14.6. The second kappa shape index (κ2) is 7.63. The highest BCUT2D eigenvalue weighted by Crippen LogP contribution is 2.33. The number of hydrogen-bond acceptors (Lipinski definition) is 5. The van der Waals surface area contributed by atoms with Crippen LogP contribution in [-0.2, 0) is 9.59 Å². The van der Waals surface area contributed by atoms with Crippen molar-refractivity contribution in [1.29, 1.82) is 0 Å². The highest BCUT2D eigenvalue weighted by Gasteiger charge is 2.36. The molecule has 8 nitrogen and oxygen atoms in total. The normalized spacial score (nSPS) is 18.0. The zero-order chi connectivity index (χ0) is 18.7. The number of carboxylic acid groups (broad SMARTS) is 1. The molecule has 1 atom stereocenters. The van der Waals surface area contributed by atoms with Gasteiger partial charge in [0, 0.05) is 32.1 Å². The van der Waals surface area contributed by atoms with Gasteiger partial charge in [-0.15, -0.1) is 0 Å². The Morgan fingerprint density at radius 2 is 2.04 bits per heavy atom. The number of carboxylic acids is 1. The lowest BCUT2D eigenvalue weighted by Gasteiger charge is -2.28. The minimum absolute atomic E-state index is 0.0160. The van der Waals surface area contributed by atoms with Gasteiger partial charge < -0.3 is 24.4 Å². The average Bonchev–Trinajstić information content (AvgIpc) is 3.28. The molecule has 1 fully saturated rings. The van der Waals surface area contributed by atoms with Gasteiger partial charge in [-0.2, -0.15) is 0 Å². The standard InChI is InChI=1S/C18H22N2O6/c1-19(8-3-5-16(21)22)18(24)13-4-2-9-20(13)17(23)12-6-7-14-15(10-12)26-11-25-14/h6-7,10,13H,2-5,8-9,11H2,1H3,(H,21,22). The zero-order valence-corrected chi connectivity index (χ0v) is 14.6. The molecule has 1 N–H and O–H groups in total.